The zero-order valence-corrected chi connectivity index (χ0v) is 16.8. The number of furan rings is 1. The van der Waals surface area contributed by atoms with Crippen molar-refractivity contribution in [3.05, 3.63) is 82.2 Å². The van der Waals surface area contributed by atoms with Gasteiger partial charge in [0.1, 0.15) is 16.8 Å². The maximum absolute atomic E-state index is 13.7. The number of hydrogen-bond acceptors (Lipinski definition) is 6. The molecule has 0 saturated carbocycles. The molecule has 5 rings (SSSR count). The lowest BCUT2D eigenvalue weighted by Crippen LogP contribution is -2.15. The number of benzene rings is 1. The third-order valence-corrected chi connectivity index (χ3v) is 4.99. The fourth-order valence-electron chi connectivity index (χ4n) is 3.48. The van der Waals surface area contributed by atoms with E-state index in [2.05, 4.69) is 15.4 Å². The van der Waals surface area contributed by atoms with Gasteiger partial charge in [-0.1, -0.05) is 0 Å². The van der Waals surface area contributed by atoms with Gasteiger partial charge in [0, 0.05) is 23.2 Å². The third-order valence-electron chi connectivity index (χ3n) is 4.99. The Morgan fingerprint density at radius 1 is 1.15 bits per heavy atom. The van der Waals surface area contributed by atoms with E-state index in [0.29, 0.717) is 15.5 Å². The molecule has 5 aromatic rings. The maximum Gasteiger partial charge on any atom is 0.433 e. The molecule has 0 atom stereocenters. The second-order valence-electron chi connectivity index (χ2n) is 7.21. The maximum atomic E-state index is 13.7. The first-order valence-corrected chi connectivity index (χ1v) is 9.56. The molecule has 166 valence electrons. The molecule has 0 saturated heterocycles. The van der Waals surface area contributed by atoms with Gasteiger partial charge in [-0.05, 0) is 42.8 Å². The number of aromatic nitrogens is 3. The number of rotatable bonds is 3. The van der Waals surface area contributed by atoms with Crippen LogP contribution in [-0.4, -0.2) is 20.5 Å². The van der Waals surface area contributed by atoms with Crippen molar-refractivity contribution < 1.29 is 26.8 Å². The SMILES string of the molecule is Cc1cc(=O)oc2cc(NC(=O)c3cnn4c(C(F)(F)F)cc(-c5ccco5)nc34)ccc12. The van der Waals surface area contributed by atoms with Crippen LogP contribution in [0.15, 0.2) is 68.6 Å². The average Bonchev–Trinajstić information content (AvgIpc) is 3.42. The van der Waals surface area contributed by atoms with E-state index >= 15 is 0 Å². The van der Waals surface area contributed by atoms with Crippen molar-refractivity contribution in [2.75, 3.05) is 5.32 Å². The number of hydrogen-bond donors (Lipinski definition) is 1. The highest BCUT2D eigenvalue weighted by atomic mass is 19.4. The summed E-state index contributed by atoms with van der Waals surface area (Å²) in [6.07, 6.45) is -2.45. The second kappa shape index (κ2) is 7.33. The number of alkyl halides is 3. The van der Waals surface area contributed by atoms with Gasteiger partial charge in [-0.3, -0.25) is 4.79 Å². The van der Waals surface area contributed by atoms with Crippen LogP contribution in [0.2, 0.25) is 0 Å². The first kappa shape index (κ1) is 20.5. The van der Waals surface area contributed by atoms with Crippen LogP contribution >= 0.6 is 0 Å². The van der Waals surface area contributed by atoms with E-state index in [4.69, 9.17) is 8.83 Å². The fraction of sp³-hybridized carbons (Fsp3) is 0.0909. The molecular formula is C22H13F3N4O4. The number of halogens is 3. The van der Waals surface area contributed by atoms with Crippen molar-refractivity contribution in [1.82, 2.24) is 14.6 Å². The van der Waals surface area contributed by atoms with E-state index in [1.54, 1.807) is 19.1 Å². The van der Waals surface area contributed by atoms with E-state index in [0.717, 1.165) is 12.3 Å². The molecule has 0 bridgehead atoms. The Morgan fingerprint density at radius 3 is 2.70 bits per heavy atom. The van der Waals surface area contributed by atoms with Gasteiger partial charge in [0.2, 0.25) is 0 Å². The van der Waals surface area contributed by atoms with Crippen molar-refractivity contribution in [1.29, 1.82) is 0 Å². The zero-order chi connectivity index (χ0) is 23.3. The number of nitrogens with one attached hydrogen (secondary N) is 1. The molecule has 11 heteroatoms. The summed E-state index contributed by atoms with van der Waals surface area (Å²) in [6.45, 7) is 1.75. The summed E-state index contributed by atoms with van der Waals surface area (Å²) < 4.78 is 51.9. The van der Waals surface area contributed by atoms with E-state index < -0.39 is 23.4 Å². The first-order valence-electron chi connectivity index (χ1n) is 9.56. The van der Waals surface area contributed by atoms with Crippen molar-refractivity contribution in [3.63, 3.8) is 0 Å². The molecule has 0 fully saturated rings. The average molecular weight is 454 g/mol. The molecule has 0 aliphatic heterocycles. The predicted molar refractivity (Wildman–Crippen MR) is 111 cm³/mol. The van der Waals surface area contributed by atoms with Crippen molar-refractivity contribution >= 4 is 28.2 Å². The van der Waals surface area contributed by atoms with Crippen LogP contribution in [0.3, 0.4) is 0 Å². The van der Waals surface area contributed by atoms with Crippen LogP contribution in [0.4, 0.5) is 18.9 Å². The Morgan fingerprint density at radius 2 is 1.97 bits per heavy atom. The Bertz CT molecular complexity index is 1580. The van der Waals surface area contributed by atoms with Gasteiger partial charge in [0.25, 0.3) is 5.91 Å². The van der Waals surface area contributed by atoms with E-state index in [1.807, 2.05) is 0 Å². The molecule has 0 aliphatic rings. The lowest BCUT2D eigenvalue weighted by Gasteiger charge is -2.11. The molecule has 4 aromatic heterocycles. The molecule has 33 heavy (non-hydrogen) atoms. The van der Waals surface area contributed by atoms with Gasteiger partial charge in [-0.15, -0.1) is 0 Å². The summed E-state index contributed by atoms with van der Waals surface area (Å²) in [4.78, 5) is 28.7. The number of carbonyl (C=O) groups excluding carboxylic acids is 1. The summed E-state index contributed by atoms with van der Waals surface area (Å²) in [6, 6.07) is 9.82. The summed E-state index contributed by atoms with van der Waals surface area (Å²) in [7, 11) is 0. The minimum atomic E-state index is -4.75. The van der Waals surface area contributed by atoms with Gasteiger partial charge in [-0.2, -0.15) is 18.3 Å². The van der Waals surface area contributed by atoms with Crippen LogP contribution in [0, 0.1) is 6.92 Å². The second-order valence-corrected chi connectivity index (χ2v) is 7.21. The lowest BCUT2D eigenvalue weighted by molar-refractivity contribution is -0.142. The smallest absolute Gasteiger partial charge is 0.433 e. The predicted octanol–water partition coefficient (Wildman–Crippen LogP) is 4.68. The van der Waals surface area contributed by atoms with Crippen LogP contribution < -0.4 is 10.9 Å². The molecular weight excluding hydrogens is 441 g/mol. The molecule has 0 aliphatic carbocycles. The van der Waals surface area contributed by atoms with Crippen molar-refractivity contribution in [2.45, 2.75) is 13.1 Å². The Kier molecular flexibility index (Phi) is 4.55. The summed E-state index contributed by atoms with van der Waals surface area (Å²) in [5.74, 6) is -0.632. The van der Waals surface area contributed by atoms with Gasteiger partial charge in [0.15, 0.2) is 17.1 Å². The largest absolute Gasteiger partial charge is 0.463 e. The molecule has 4 heterocycles. The number of aryl methyl sites for hydroxylation is 1. The summed E-state index contributed by atoms with van der Waals surface area (Å²) in [5, 5.41) is 6.99. The van der Waals surface area contributed by atoms with Crippen molar-refractivity contribution in [3.8, 4) is 11.5 Å². The molecule has 0 unspecified atom stereocenters. The first-order chi connectivity index (χ1) is 15.7. The van der Waals surface area contributed by atoms with Crippen molar-refractivity contribution in [2.24, 2.45) is 0 Å². The van der Waals surface area contributed by atoms with Crippen LogP contribution in [0.5, 0.6) is 0 Å². The fourth-order valence-corrected chi connectivity index (χ4v) is 3.48. The standard InChI is InChI=1S/C22H13F3N4O4/c1-11-7-19(30)33-17-8-12(4-5-13(11)17)27-21(31)14-10-26-29-18(22(23,24)25)9-15(28-20(14)29)16-3-2-6-32-16/h2-10H,1H3,(H,27,31). The van der Waals surface area contributed by atoms with Crippen LogP contribution in [0.25, 0.3) is 28.1 Å². The van der Waals surface area contributed by atoms with E-state index in [1.165, 1.54) is 30.5 Å². The molecule has 1 aromatic carbocycles. The summed E-state index contributed by atoms with van der Waals surface area (Å²) >= 11 is 0. The molecule has 0 radical (unpaired) electrons. The topological polar surface area (TPSA) is 103 Å². The molecule has 1 N–H and O–H groups in total. The number of nitrogens with zero attached hydrogens (tertiary/aromatic N) is 3. The van der Waals surface area contributed by atoms with Crippen LogP contribution in [0.1, 0.15) is 21.6 Å². The highest BCUT2D eigenvalue weighted by Crippen LogP contribution is 2.33. The quantitative estimate of drug-likeness (QED) is 0.397. The molecule has 0 spiro atoms. The third kappa shape index (κ3) is 3.63. The highest BCUT2D eigenvalue weighted by molar-refractivity contribution is 6.08. The minimum absolute atomic E-state index is 0.0997. The minimum Gasteiger partial charge on any atom is -0.463 e. The Labute approximate surface area is 182 Å². The van der Waals surface area contributed by atoms with Gasteiger partial charge in [-0.25, -0.2) is 14.3 Å². The van der Waals surface area contributed by atoms with Gasteiger partial charge < -0.3 is 14.2 Å². The monoisotopic (exact) mass is 454 g/mol. The molecule has 1 amide bonds. The van der Waals surface area contributed by atoms with Gasteiger partial charge in [0.05, 0.1) is 12.5 Å². The van der Waals surface area contributed by atoms with E-state index in [-0.39, 0.29) is 33.9 Å². The van der Waals surface area contributed by atoms with Gasteiger partial charge >= 0.3 is 11.8 Å². The Balaban J connectivity index is 1.58. The van der Waals surface area contributed by atoms with E-state index in [9.17, 15) is 22.8 Å². The molecule has 8 nitrogen and oxygen atoms in total. The number of carbonyl (C=O) groups is 1. The Hall–Kier alpha value is -4.41. The zero-order valence-electron chi connectivity index (χ0n) is 16.8. The normalized spacial score (nSPS) is 11.9. The number of anilines is 1. The highest BCUT2D eigenvalue weighted by Gasteiger charge is 2.36. The lowest BCUT2D eigenvalue weighted by atomic mass is 10.1. The summed E-state index contributed by atoms with van der Waals surface area (Å²) in [5.41, 5.74) is -0.986. The number of fused-ring (bicyclic) bond motifs is 2. The van der Waals surface area contributed by atoms with Crippen LogP contribution in [-0.2, 0) is 6.18 Å². The number of amides is 1.